The quantitative estimate of drug-likeness (QED) is 0.842. The summed E-state index contributed by atoms with van der Waals surface area (Å²) in [4.78, 5) is 0. The second-order valence-electron chi connectivity index (χ2n) is 5.53. The van der Waals surface area contributed by atoms with Crippen LogP contribution in [0.15, 0.2) is 24.3 Å². The van der Waals surface area contributed by atoms with Crippen molar-refractivity contribution in [2.45, 2.75) is 33.6 Å². The molecule has 0 fully saturated rings. The summed E-state index contributed by atoms with van der Waals surface area (Å²) in [6.45, 7) is 8.35. The highest BCUT2D eigenvalue weighted by Gasteiger charge is 2.10. The first-order chi connectivity index (χ1) is 9.88. The van der Waals surface area contributed by atoms with Crippen LogP contribution < -0.4 is 10.6 Å². The normalized spacial score (nSPS) is 10.8. The number of nitrogens with one attached hydrogen (secondary N) is 2. The number of rotatable bonds is 3. The highest BCUT2D eigenvalue weighted by atomic mass is 32.1. The third-order valence-corrected chi connectivity index (χ3v) is 3.79. The zero-order valence-corrected chi connectivity index (χ0v) is 14.0. The van der Waals surface area contributed by atoms with Crippen molar-refractivity contribution in [2.75, 3.05) is 10.6 Å². The maximum atomic E-state index is 5.37. The summed E-state index contributed by atoms with van der Waals surface area (Å²) in [5, 5.41) is 11.4. The predicted molar refractivity (Wildman–Crippen MR) is 93.1 cm³/mol. The van der Waals surface area contributed by atoms with Crippen molar-refractivity contribution in [2.24, 2.45) is 7.05 Å². The molecule has 0 bridgehead atoms. The maximum absolute atomic E-state index is 5.37. The van der Waals surface area contributed by atoms with E-state index in [0.717, 1.165) is 22.8 Å². The summed E-state index contributed by atoms with van der Waals surface area (Å²) in [6, 6.07) is 8.34. The lowest BCUT2D eigenvalue weighted by Crippen LogP contribution is -2.19. The number of aryl methyl sites for hydroxylation is 2. The Kier molecular flexibility index (Phi) is 4.63. The Morgan fingerprint density at radius 3 is 2.24 bits per heavy atom. The molecule has 0 radical (unpaired) electrons. The third-order valence-electron chi connectivity index (χ3n) is 3.58. The number of hydrogen-bond acceptors (Lipinski definition) is 2. The van der Waals surface area contributed by atoms with Crippen LogP contribution in [0, 0.1) is 13.8 Å². The van der Waals surface area contributed by atoms with Crippen LogP contribution in [0.25, 0.3) is 0 Å². The molecule has 2 aromatic rings. The molecule has 2 N–H and O–H groups in total. The summed E-state index contributed by atoms with van der Waals surface area (Å²) in [7, 11) is 1.93. The average molecular weight is 302 g/mol. The van der Waals surface area contributed by atoms with E-state index in [1.165, 1.54) is 5.56 Å². The molecule has 0 unspecified atom stereocenters. The molecule has 21 heavy (non-hydrogen) atoms. The smallest absolute Gasteiger partial charge is 0.175 e. The van der Waals surface area contributed by atoms with Gasteiger partial charge in [0, 0.05) is 12.7 Å². The van der Waals surface area contributed by atoms with E-state index in [1.54, 1.807) is 0 Å². The summed E-state index contributed by atoms with van der Waals surface area (Å²) >= 11 is 5.37. The maximum Gasteiger partial charge on any atom is 0.175 e. The highest BCUT2D eigenvalue weighted by Crippen LogP contribution is 2.20. The molecule has 2 rings (SSSR count). The van der Waals surface area contributed by atoms with Gasteiger partial charge in [-0.1, -0.05) is 26.0 Å². The summed E-state index contributed by atoms with van der Waals surface area (Å²) < 4.78 is 1.84. The first kappa shape index (κ1) is 15.5. The van der Waals surface area contributed by atoms with Crippen molar-refractivity contribution in [3.63, 3.8) is 0 Å². The van der Waals surface area contributed by atoms with Gasteiger partial charge in [0.05, 0.1) is 17.1 Å². The Hall–Kier alpha value is -1.88. The van der Waals surface area contributed by atoms with Crippen molar-refractivity contribution in [1.29, 1.82) is 0 Å². The molecule has 1 aromatic heterocycles. The van der Waals surface area contributed by atoms with Crippen LogP contribution in [0.1, 0.15) is 36.7 Å². The molecule has 1 heterocycles. The number of anilines is 2. The zero-order valence-electron chi connectivity index (χ0n) is 13.2. The molecule has 0 aliphatic heterocycles. The summed E-state index contributed by atoms with van der Waals surface area (Å²) in [6.07, 6.45) is 0. The number of benzene rings is 1. The fourth-order valence-corrected chi connectivity index (χ4v) is 2.40. The van der Waals surface area contributed by atoms with Crippen LogP contribution in [-0.4, -0.2) is 14.9 Å². The van der Waals surface area contributed by atoms with E-state index >= 15 is 0 Å². The van der Waals surface area contributed by atoms with Crippen LogP contribution >= 0.6 is 12.2 Å². The topological polar surface area (TPSA) is 41.9 Å². The van der Waals surface area contributed by atoms with Gasteiger partial charge in [0.25, 0.3) is 0 Å². The van der Waals surface area contributed by atoms with Crippen molar-refractivity contribution >= 4 is 28.7 Å². The van der Waals surface area contributed by atoms with Crippen LogP contribution in [0.4, 0.5) is 11.4 Å². The standard InChI is InChI=1S/C16H22N4S/c1-10(2)13-6-8-14(9-7-13)17-16(21)18-15-11(3)19-20(5)12(15)4/h6-10H,1-5H3,(H2,17,18,21). The number of aromatic nitrogens is 2. The van der Waals surface area contributed by atoms with Crippen LogP contribution in [0.3, 0.4) is 0 Å². The van der Waals surface area contributed by atoms with Gasteiger partial charge in [-0.15, -0.1) is 0 Å². The Morgan fingerprint density at radius 2 is 1.76 bits per heavy atom. The largest absolute Gasteiger partial charge is 0.332 e. The van der Waals surface area contributed by atoms with E-state index < -0.39 is 0 Å². The van der Waals surface area contributed by atoms with E-state index in [4.69, 9.17) is 12.2 Å². The van der Waals surface area contributed by atoms with Crippen molar-refractivity contribution in [3.8, 4) is 0 Å². The van der Waals surface area contributed by atoms with E-state index in [9.17, 15) is 0 Å². The third kappa shape index (κ3) is 3.61. The van der Waals surface area contributed by atoms with Gasteiger partial charge in [-0.2, -0.15) is 5.10 Å². The van der Waals surface area contributed by atoms with E-state index in [2.05, 4.69) is 41.7 Å². The Morgan fingerprint density at radius 1 is 1.14 bits per heavy atom. The molecule has 4 nitrogen and oxygen atoms in total. The van der Waals surface area contributed by atoms with Crippen LogP contribution in [0.5, 0.6) is 0 Å². The van der Waals surface area contributed by atoms with E-state index in [-0.39, 0.29) is 0 Å². The molecule has 0 aliphatic rings. The minimum absolute atomic E-state index is 0.532. The number of thiocarbonyl (C=S) groups is 1. The van der Waals surface area contributed by atoms with E-state index in [0.29, 0.717) is 11.0 Å². The molecular weight excluding hydrogens is 280 g/mol. The lowest BCUT2D eigenvalue weighted by Gasteiger charge is -2.12. The van der Waals surface area contributed by atoms with Crippen LogP contribution in [-0.2, 0) is 7.05 Å². The fraction of sp³-hybridized carbons (Fsp3) is 0.375. The number of hydrogen-bond donors (Lipinski definition) is 2. The molecule has 112 valence electrons. The van der Waals surface area contributed by atoms with Crippen LogP contribution in [0.2, 0.25) is 0 Å². The average Bonchev–Trinajstić information content (AvgIpc) is 2.66. The lowest BCUT2D eigenvalue weighted by atomic mass is 10.0. The molecular formula is C16H22N4S. The second-order valence-corrected chi connectivity index (χ2v) is 5.93. The Bertz CT molecular complexity index is 641. The first-order valence-electron chi connectivity index (χ1n) is 7.06. The molecule has 0 spiro atoms. The molecule has 0 atom stereocenters. The van der Waals surface area contributed by atoms with Gasteiger partial charge in [0.2, 0.25) is 0 Å². The van der Waals surface area contributed by atoms with Gasteiger partial charge in [0.15, 0.2) is 5.11 Å². The highest BCUT2D eigenvalue weighted by molar-refractivity contribution is 7.80. The molecule has 0 aliphatic carbocycles. The van der Waals surface area contributed by atoms with Gasteiger partial charge in [0.1, 0.15) is 0 Å². The molecule has 5 heteroatoms. The lowest BCUT2D eigenvalue weighted by molar-refractivity contribution is 0.731. The van der Waals surface area contributed by atoms with Crippen molar-refractivity contribution < 1.29 is 0 Å². The Labute approximate surface area is 131 Å². The van der Waals surface area contributed by atoms with Gasteiger partial charge < -0.3 is 10.6 Å². The molecule has 0 saturated carbocycles. The van der Waals surface area contributed by atoms with Gasteiger partial charge in [-0.05, 0) is 49.7 Å². The Balaban J connectivity index is 2.04. The van der Waals surface area contributed by atoms with Gasteiger partial charge in [-0.25, -0.2) is 0 Å². The zero-order chi connectivity index (χ0) is 15.6. The summed E-state index contributed by atoms with van der Waals surface area (Å²) in [5.41, 5.74) is 5.27. The predicted octanol–water partition coefficient (Wildman–Crippen LogP) is 3.97. The minimum atomic E-state index is 0.532. The first-order valence-corrected chi connectivity index (χ1v) is 7.47. The van der Waals surface area contributed by atoms with E-state index in [1.807, 2.05) is 37.7 Å². The minimum Gasteiger partial charge on any atom is -0.332 e. The molecule has 0 amide bonds. The van der Waals surface area contributed by atoms with Crippen molar-refractivity contribution in [3.05, 3.63) is 41.2 Å². The SMILES string of the molecule is Cc1nn(C)c(C)c1NC(=S)Nc1ccc(C(C)C)cc1. The van der Waals surface area contributed by atoms with Gasteiger partial charge in [-0.3, -0.25) is 4.68 Å². The molecule has 1 aromatic carbocycles. The number of nitrogens with zero attached hydrogens (tertiary/aromatic N) is 2. The van der Waals surface area contributed by atoms with Crippen molar-refractivity contribution in [1.82, 2.24) is 9.78 Å². The van der Waals surface area contributed by atoms with Gasteiger partial charge >= 0.3 is 0 Å². The fourth-order valence-electron chi connectivity index (χ4n) is 2.18. The monoisotopic (exact) mass is 302 g/mol. The second kappa shape index (κ2) is 6.26. The molecule has 0 saturated heterocycles. The summed E-state index contributed by atoms with van der Waals surface area (Å²) in [5.74, 6) is 0.532.